The van der Waals surface area contributed by atoms with Gasteiger partial charge in [-0.05, 0) is 6.42 Å². The standard InChI is InChI=1S/C5H10O2.Ca/c1-3-4(2)5(6)7;/h4H,3H2,1-2H3,(H,6,7);. The molecule has 3 heteroatoms. The number of hydrogen-bond acceptors (Lipinski definition) is 1. The zero-order valence-corrected chi connectivity index (χ0v) is 7.56. The maximum atomic E-state index is 9.93. The number of carboxylic acids is 1. The molecule has 0 amide bonds. The molecular formula is C5H10CaO2. The molecule has 0 rings (SSSR count). The van der Waals surface area contributed by atoms with Gasteiger partial charge >= 0.3 is 5.97 Å². The molecule has 0 aromatic heterocycles. The van der Waals surface area contributed by atoms with Crippen LogP contribution < -0.4 is 0 Å². The van der Waals surface area contributed by atoms with E-state index in [0.717, 1.165) is 6.42 Å². The topological polar surface area (TPSA) is 37.3 Å². The second kappa shape index (κ2) is 5.86. The van der Waals surface area contributed by atoms with Crippen LogP contribution in [0.25, 0.3) is 0 Å². The second-order valence-electron chi connectivity index (χ2n) is 1.65. The molecule has 0 aromatic rings. The molecule has 1 unspecified atom stereocenters. The summed E-state index contributed by atoms with van der Waals surface area (Å²) in [5.74, 6) is -0.887. The Morgan fingerprint density at radius 2 is 2.12 bits per heavy atom. The smallest absolute Gasteiger partial charge is 0.306 e. The molecule has 2 radical (unpaired) electrons. The Morgan fingerprint density at radius 1 is 1.75 bits per heavy atom. The first kappa shape index (κ1) is 11.5. The summed E-state index contributed by atoms with van der Waals surface area (Å²) in [7, 11) is 0. The van der Waals surface area contributed by atoms with Crippen LogP contribution in [0.15, 0.2) is 0 Å². The average Bonchev–Trinajstić information content (AvgIpc) is 1.65. The molecule has 0 saturated carbocycles. The van der Waals surface area contributed by atoms with Crippen LogP contribution in [-0.4, -0.2) is 48.8 Å². The Hall–Kier alpha value is 0.730. The van der Waals surface area contributed by atoms with E-state index < -0.39 is 5.97 Å². The van der Waals surface area contributed by atoms with Gasteiger partial charge in [0, 0.05) is 37.7 Å². The van der Waals surface area contributed by atoms with E-state index in [-0.39, 0.29) is 43.7 Å². The molecule has 0 saturated heterocycles. The molecule has 0 spiro atoms. The molecule has 44 valence electrons. The number of aliphatic carboxylic acids is 1. The number of rotatable bonds is 2. The number of hydrogen-bond donors (Lipinski definition) is 1. The van der Waals surface area contributed by atoms with E-state index in [2.05, 4.69) is 0 Å². The van der Waals surface area contributed by atoms with Crippen LogP contribution in [-0.2, 0) is 4.79 Å². The molecule has 8 heavy (non-hydrogen) atoms. The maximum absolute atomic E-state index is 9.93. The molecular weight excluding hydrogens is 132 g/mol. The minimum atomic E-state index is -0.706. The van der Waals surface area contributed by atoms with E-state index >= 15 is 0 Å². The van der Waals surface area contributed by atoms with Crippen molar-refractivity contribution < 1.29 is 9.90 Å². The van der Waals surface area contributed by atoms with Crippen molar-refractivity contribution in [2.75, 3.05) is 0 Å². The van der Waals surface area contributed by atoms with Gasteiger partial charge in [0.25, 0.3) is 0 Å². The molecule has 1 N–H and O–H groups in total. The largest absolute Gasteiger partial charge is 0.481 e. The Kier molecular flexibility index (Phi) is 8.43. The molecule has 0 fully saturated rings. The summed E-state index contributed by atoms with van der Waals surface area (Å²) in [4.78, 5) is 9.93. The summed E-state index contributed by atoms with van der Waals surface area (Å²) >= 11 is 0. The Bertz CT molecular complexity index is 72.8. The Morgan fingerprint density at radius 3 is 2.12 bits per heavy atom. The van der Waals surface area contributed by atoms with Gasteiger partial charge in [-0.25, -0.2) is 0 Å². The zero-order valence-electron chi connectivity index (χ0n) is 5.35. The van der Waals surface area contributed by atoms with Crippen molar-refractivity contribution in [2.45, 2.75) is 20.3 Å². The van der Waals surface area contributed by atoms with Gasteiger partial charge in [-0.3, -0.25) is 4.79 Å². The third kappa shape index (κ3) is 4.88. The summed E-state index contributed by atoms with van der Waals surface area (Å²) in [6.45, 7) is 3.56. The van der Waals surface area contributed by atoms with Gasteiger partial charge in [-0.1, -0.05) is 13.8 Å². The SMILES string of the molecule is CCC(C)C(=O)O.[Ca]. The fourth-order valence-electron chi connectivity index (χ4n) is 0.175. The van der Waals surface area contributed by atoms with E-state index in [1.54, 1.807) is 6.92 Å². The molecule has 0 aromatic carbocycles. The van der Waals surface area contributed by atoms with Crippen molar-refractivity contribution >= 4 is 43.7 Å². The van der Waals surface area contributed by atoms with E-state index in [0.29, 0.717) is 0 Å². The van der Waals surface area contributed by atoms with E-state index in [9.17, 15) is 4.79 Å². The van der Waals surface area contributed by atoms with Crippen molar-refractivity contribution in [2.24, 2.45) is 5.92 Å². The minimum Gasteiger partial charge on any atom is -0.481 e. The van der Waals surface area contributed by atoms with E-state index in [1.165, 1.54) is 0 Å². The van der Waals surface area contributed by atoms with Gasteiger partial charge in [0.15, 0.2) is 0 Å². The first-order chi connectivity index (χ1) is 3.18. The maximum Gasteiger partial charge on any atom is 0.306 e. The Labute approximate surface area is 79.3 Å². The predicted octanol–water partition coefficient (Wildman–Crippen LogP) is 0.736. The van der Waals surface area contributed by atoms with Crippen molar-refractivity contribution in [3.63, 3.8) is 0 Å². The average molecular weight is 142 g/mol. The molecule has 2 nitrogen and oxygen atoms in total. The van der Waals surface area contributed by atoms with Gasteiger partial charge < -0.3 is 5.11 Å². The van der Waals surface area contributed by atoms with Crippen LogP contribution in [0, 0.1) is 5.92 Å². The van der Waals surface area contributed by atoms with Crippen LogP contribution in [0.5, 0.6) is 0 Å². The third-order valence-electron chi connectivity index (χ3n) is 1.03. The van der Waals surface area contributed by atoms with Crippen LogP contribution in [0.1, 0.15) is 20.3 Å². The van der Waals surface area contributed by atoms with Gasteiger partial charge in [0.1, 0.15) is 0 Å². The van der Waals surface area contributed by atoms with Crippen LogP contribution in [0.2, 0.25) is 0 Å². The van der Waals surface area contributed by atoms with Gasteiger partial charge in [-0.15, -0.1) is 0 Å². The van der Waals surface area contributed by atoms with Crippen molar-refractivity contribution in [3.05, 3.63) is 0 Å². The van der Waals surface area contributed by atoms with Crippen LogP contribution in [0.3, 0.4) is 0 Å². The van der Waals surface area contributed by atoms with Gasteiger partial charge in [0.05, 0.1) is 5.92 Å². The van der Waals surface area contributed by atoms with Crippen molar-refractivity contribution in [1.29, 1.82) is 0 Å². The molecule has 0 aliphatic heterocycles. The molecule has 1 atom stereocenters. The zero-order chi connectivity index (χ0) is 5.86. The van der Waals surface area contributed by atoms with E-state index in [1.807, 2.05) is 6.92 Å². The van der Waals surface area contributed by atoms with Gasteiger partial charge in [0.2, 0.25) is 0 Å². The normalized spacial score (nSPS) is 11.8. The minimum absolute atomic E-state index is 0. The fraction of sp³-hybridized carbons (Fsp3) is 0.800. The first-order valence-electron chi connectivity index (χ1n) is 2.41. The summed E-state index contributed by atoms with van der Waals surface area (Å²) in [5.41, 5.74) is 0. The Balaban J connectivity index is 0. The monoisotopic (exact) mass is 142 g/mol. The summed E-state index contributed by atoms with van der Waals surface area (Å²) in [5, 5.41) is 8.18. The summed E-state index contributed by atoms with van der Waals surface area (Å²) < 4.78 is 0. The fourth-order valence-corrected chi connectivity index (χ4v) is 0.175. The number of carbonyl (C=O) groups is 1. The van der Waals surface area contributed by atoms with Crippen LogP contribution >= 0.6 is 0 Å². The summed E-state index contributed by atoms with van der Waals surface area (Å²) in [6.07, 6.45) is 0.718. The molecule has 0 bridgehead atoms. The van der Waals surface area contributed by atoms with Crippen LogP contribution in [0.4, 0.5) is 0 Å². The quantitative estimate of drug-likeness (QED) is 0.577. The van der Waals surface area contributed by atoms with Crippen molar-refractivity contribution in [1.82, 2.24) is 0 Å². The van der Waals surface area contributed by atoms with Crippen molar-refractivity contribution in [3.8, 4) is 0 Å². The van der Waals surface area contributed by atoms with E-state index in [4.69, 9.17) is 5.11 Å². The first-order valence-corrected chi connectivity index (χ1v) is 2.41. The predicted molar refractivity (Wildman–Crippen MR) is 32.8 cm³/mol. The summed E-state index contributed by atoms with van der Waals surface area (Å²) in [6, 6.07) is 0. The van der Waals surface area contributed by atoms with Gasteiger partial charge in [-0.2, -0.15) is 0 Å². The molecule has 0 heterocycles. The third-order valence-corrected chi connectivity index (χ3v) is 1.03. The molecule has 0 aliphatic rings. The number of carboxylic acid groups (broad SMARTS) is 1. The second-order valence-corrected chi connectivity index (χ2v) is 1.65. The molecule has 0 aliphatic carbocycles.